The third-order valence-electron chi connectivity index (χ3n) is 6.40. The van der Waals surface area contributed by atoms with E-state index in [-0.39, 0.29) is 5.69 Å². The average molecular weight is 384 g/mol. The fourth-order valence-corrected chi connectivity index (χ4v) is 4.79. The summed E-state index contributed by atoms with van der Waals surface area (Å²) in [6, 6.07) is 23.0. The van der Waals surface area contributed by atoms with E-state index >= 15 is 8.78 Å². The normalized spacial score (nSPS) is 16.8. The molecule has 0 amide bonds. The minimum absolute atomic E-state index is 0.0156. The van der Waals surface area contributed by atoms with Crippen LogP contribution in [0.1, 0.15) is 25.1 Å². The van der Waals surface area contributed by atoms with E-state index in [1.165, 1.54) is 0 Å². The zero-order valence-electron chi connectivity index (χ0n) is 16.1. The minimum Gasteiger partial charge on any atom is -0.289 e. The summed E-state index contributed by atoms with van der Waals surface area (Å²) in [6.45, 7) is 3.27. The Hall–Kier alpha value is -3.27. The van der Waals surface area contributed by atoms with E-state index in [4.69, 9.17) is 4.98 Å². The van der Waals surface area contributed by atoms with Crippen molar-refractivity contribution in [2.75, 3.05) is 0 Å². The quantitative estimate of drug-likeness (QED) is 0.294. The third kappa shape index (κ3) is 1.87. The maximum Gasteiger partial charge on any atom is 0.299 e. The average Bonchev–Trinajstić information content (AvgIpc) is 3.15. The number of benzene rings is 3. The highest BCUT2D eigenvalue weighted by Crippen LogP contribution is 2.55. The number of alkyl halides is 2. The fourth-order valence-electron chi connectivity index (χ4n) is 4.79. The zero-order valence-corrected chi connectivity index (χ0v) is 16.1. The highest BCUT2D eigenvalue weighted by molar-refractivity contribution is 6.13. The van der Waals surface area contributed by atoms with Crippen molar-refractivity contribution >= 4 is 27.3 Å². The molecule has 0 spiro atoms. The van der Waals surface area contributed by atoms with Gasteiger partial charge in [0.15, 0.2) is 0 Å². The Bertz CT molecular complexity index is 1450. The van der Waals surface area contributed by atoms with Gasteiger partial charge in [-0.15, -0.1) is 0 Å². The lowest BCUT2D eigenvalue weighted by atomic mass is 9.73. The highest BCUT2D eigenvalue weighted by Gasteiger charge is 2.56. The lowest BCUT2D eigenvalue weighted by Gasteiger charge is -2.39. The van der Waals surface area contributed by atoms with Gasteiger partial charge in [-0.05, 0) is 24.8 Å². The monoisotopic (exact) mass is 384 g/mol. The van der Waals surface area contributed by atoms with Gasteiger partial charge in [0, 0.05) is 16.3 Å². The summed E-state index contributed by atoms with van der Waals surface area (Å²) in [4.78, 5) is 4.81. The maximum atomic E-state index is 16.1. The molecule has 5 aromatic rings. The van der Waals surface area contributed by atoms with E-state index in [1.807, 2.05) is 72.8 Å². The van der Waals surface area contributed by atoms with Crippen molar-refractivity contribution in [2.24, 2.45) is 0 Å². The zero-order chi connectivity index (χ0) is 20.0. The van der Waals surface area contributed by atoms with Gasteiger partial charge in [-0.2, -0.15) is 8.78 Å². The van der Waals surface area contributed by atoms with Gasteiger partial charge in [-0.25, -0.2) is 4.98 Å². The molecule has 0 N–H and O–H groups in total. The fraction of sp³-hybridized carbons (Fsp3) is 0.160. The minimum atomic E-state index is -3.08. The second-order valence-electron chi connectivity index (χ2n) is 8.28. The van der Waals surface area contributed by atoms with Crippen LogP contribution in [0.2, 0.25) is 0 Å². The van der Waals surface area contributed by atoms with E-state index in [2.05, 4.69) is 0 Å². The van der Waals surface area contributed by atoms with E-state index in [0.717, 1.165) is 21.7 Å². The molecule has 6 rings (SSSR count). The number of imidazole rings is 1. The predicted molar refractivity (Wildman–Crippen MR) is 113 cm³/mol. The van der Waals surface area contributed by atoms with Crippen molar-refractivity contribution in [3.05, 3.63) is 84.1 Å². The van der Waals surface area contributed by atoms with Crippen molar-refractivity contribution in [3.8, 4) is 11.3 Å². The standard InChI is InChI=1S/C25H18F2N2/c1-24(2)19-14-8-13-17-16-11-6-7-12-18(16)23-28-20(15-9-4-3-5-10-15)22(25(24,26)27)29(23)21(17)19/h3-14H,1-2H3. The molecular formula is C25H18F2N2. The first-order chi connectivity index (χ1) is 13.9. The summed E-state index contributed by atoms with van der Waals surface area (Å²) in [5, 5.41) is 2.90. The van der Waals surface area contributed by atoms with E-state index in [1.54, 1.807) is 18.2 Å². The van der Waals surface area contributed by atoms with Crippen LogP contribution in [0.25, 0.3) is 38.6 Å². The lowest BCUT2D eigenvalue weighted by molar-refractivity contribution is -0.0785. The summed E-state index contributed by atoms with van der Waals surface area (Å²) in [7, 11) is 0. The SMILES string of the molecule is CC1(C)c2cccc3c4ccccc4c4nc(-c5ccccc5)c(n4c23)C1(F)F. The molecule has 0 atom stereocenters. The smallest absolute Gasteiger partial charge is 0.289 e. The van der Waals surface area contributed by atoms with Crippen LogP contribution in [-0.4, -0.2) is 9.38 Å². The molecule has 1 aliphatic rings. The first kappa shape index (κ1) is 16.7. The summed E-state index contributed by atoms with van der Waals surface area (Å²) in [5.41, 5.74) is 1.76. The first-order valence-corrected chi connectivity index (χ1v) is 9.73. The highest BCUT2D eigenvalue weighted by atomic mass is 19.3. The van der Waals surface area contributed by atoms with Gasteiger partial charge in [0.2, 0.25) is 0 Å². The predicted octanol–water partition coefficient (Wildman–Crippen LogP) is 6.69. The topological polar surface area (TPSA) is 17.3 Å². The number of hydrogen-bond acceptors (Lipinski definition) is 1. The van der Waals surface area contributed by atoms with E-state index < -0.39 is 11.3 Å². The number of aromatic nitrogens is 2. The van der Waals surface area contributed by atoms with Crippen molar-refractivity contribution < 1.29 is 8.78 Å². The number of para-hydroxylation sites is 1. The lowest BCUT2D eigenvalue weighted by Crippen LogP contribution is -2.42. The molecule has 4 heteroatoms. The summed E-state index contributed by atoms with van der Waals surface area (Å²) in [5.74, 6) is -3.08. The van der Waals surface area contributed by atoms with Gasteiger partial charge >= 0.3 is 0 Å². The van der Waals surface area contributed by atoms with Gasteiger partial charge in [0.25, 0.3) is 5.92 Å². The van der Waals surface area contributed by atoms with Crippen LogP contribution in [0, 0.1) is 0 Å². The summed E-state index contributed by atoms with van der Waals surface area (Å²) >= 11 is 0. The second-order valence-corrected chi connectivity index (χ2v) is 8.28. The van der Waals surface area contributed by atoms with Crippen molar-refractivity contribution in [3.63, 3.8) is 0 Å². The Balaban J connectivity index is 1.97. The Morgan fingerprint density at radius 2 is 1.41 bits per heavy atom. The molecule has 2 aromatic heterocycles. The summed E-state index contributed by atoms with van der Waals surface area (Å²) < 4.78 is 33.9. The van der Waals surface area contributed by atoms with Crippen LogP contribution in [0.15, 0.2) is 72.8 Å². The molecule has 3 aromatic carbocycles. The molecular weight excluding hydrogens is 366 g/mol. The van der Waals surface area contributed by atoms with E-state index in [0.29, 0.717) is 22.5 Å². The largest absolute Gasteiger partial charge is 0.299 e. The number of pyridine rings is 1. The molecule has 29 heavy (non-hydrogen) atoms. The molecule has 142 valence electrons. The molecule has 3 heterocycles. The number of nitrogens with zero attached hydrogens (tertiary/aromatic N) is 2. The molecule has 2 nitrogen and oxygen atoms in total. The molecule has 0 radical (unpaired) electrons. The number of hydrogen-bond donors (Lipinski definition) is 0. The number of halogens is 2. The maximum absolute atomic E-state index is 16.1. The van der Waals surface area contributed by atoms with Crippen LogP contribution in [0.5, 0.6) is 0 Å². The molecule has 0 fully saturated rings. The van der Waals surface area contributed by atoms with Crippen LogP contribution >= 0.6 is 0 Å². The Labute approximate surface area is 166 Å². The molecule has 0 saturated heterocycles. The Morgan fingerprint density at radius 1 is 0.759 bits per heavy atom. The Kier molecular flexibility index (Phi) is 2.99. The molecule has 0 unspecified atom stereocenters. The molecule has 1 aliphatic heterocycles. The Morgan fingerprint density at radius 3 is 2.17 bits per heavy atom. The number of fused-ring (bicyclic) bond motifs is 3. The van der Waals surface area contributed by atoms with Crippen LogP contribution < -0.4 is 0 Å². The third-order valence-corrected chi connectivity index (χ3v) is 6.40. The molecule has 0 saturated carbocycles. The van der Waals surface area contributed by atoms with Crippen molar-refractivity contribution in [1.82, 2.24) is 9.38 Å². The molecule has 0 aliphatic carbocycles. The van der Waals surface area contributed by atoms with Crippen LogP contribution in [0.4, 0.5) is 8.78 Å². The molecule has 0 bridgehead atoms. The first-order valence-electron chi connectivity index (χ1n) is 9.73. The van der Waals surface area contributed by atoms with Crippen LogP contribution in [0.3, 0.4) is 0 Å². The van der Waals surface area contributed by atoms with Gasteiger partial charge < -0.3 is 0 Å². The number of rotatable bonds is 1. The summed E-state index contributed by atoms with van der Waals surface area (Å²) in [6.07, 6.45) is 0. The van der Waals surface area contributed by atoms with E-state index in [9.17, 15) is 0 Å². The second kappa shape index (κ2) is 5.20. The van der Waals surface area contributed by atoms with Gasteiger partial charge in [0.1, 0.15) is 11.3 Å². The van der Waals surface area contributed by atoms with Gasteiger partial charge in [0.05, 0.1) is 16.6 Å². The van der Waals surface area contributed by atoms with Crippen molar-refractivity contribution in [2.45, 2.75) is 25.2 Å². The van der Waals surface area contributed by atoms with Gasteiger partial charge in [-0.1, -0.05) is 72.8 Å². The van der Waals surface area contributed by atoms with Gasteiger partial charge in [-0.3, -0.25) is 4.40 Å². The van der Waals surface area contributed by atoms with Crippen molar-refractivity contribution in [1.29, 1.82) is 0 Å². The van der Waals surface area contributed by atoms with Crippen LogP contribution in [-0.2, 0) is 11.3 Å².